The summed E-state index contributed by atoms with van der Waals surface area (Å²) in [5, 5.41) is 5.50. The second kappa shape index (κ2) is 9.57. The molecule has 182 valence electrons. The minimum absolute atomic E-state index is 0.0179. The number of carbonyl (C=O) groups is 2. The van der Waals surface area contributed by atoms with Crippen LogP contribution < -0.4 is 21.3 Å². The van der Waals surface area contributed by atoms with Crippen molar-refractivity contribution in [1.29, 1.82) is 0 Å². The van der Waals surface area contributed by atoms with Crippen LogP contribution >= 0.6 is 0 Å². The lowest BCUT2D eigenvalue weighted by molar-refractivity contribution is -0.137. The molecular weight excluding hydrogens is 463 g/mol. The van der Waals surface area contributed by atoms with Gasteiger partial charge in [-0.25, -0.2) is 4.98 Å². The molecule has 12 heteroatoms. The summed E-state index contributed by atoms with van der Waals surface area (Å²) in [6.07, 6.45) is -2.96. The highest BCUT2D eigenvalue weighted by Crippen LogP contribution is 2.33. The van der Waals surface area contributed by atoms with Gasteiger partial charge in [-0.1, -0.05) is 18.2 Å². The number of primary amides is 1. The number of nitrogens with one attached hydrogen (secondary N) is 2. The fourth-order valence-electron chi connectivity index (χ4n) is 3.88. The lowest BCUT2D eigenvalue weighted by Gasteiger charge is -2.30. The van der Waals surface area contributed by atoms with E-state index in [0.29, 0.717) is 37.4 Å². The molecule has 3 aromatic rings. The SMILES string of the molecule is C[C@@H](NC=O)Nc1cc(C(N)=O)nc(N2CCc3c(cccc3-c3ccc(C(F)(F)F)cn3)C2)n1. The Morgan fingerprint density at radius 2 is 2.03 bits per heavy atom. The third-order valence-electron chi connectivity index (χ3n) is 5.56. The molecule has 0 saturated heterocycles. The number of rotatable bonds is 7. The van der Waals surface area contributed by atoms with E-state index < -0.39 is 23.8 Å². The molecule has 4 rings (SSSR count). The number of nitrogens with zero attached hydrogens (tertiary/aromatic N) is 4. The Labute approximate surface area is 198 Å². The molecule has 0 fully saturated rings. The molecule has 3 heterocycles. The highest BCUT2D eigenvalue weighted by Gasteiger charge is 2.31. The summed E-state index contributed by atoms with van der Waals surface area (Å²) in [5.41, 5.74) is 7.80. The van der Waals surface area contributed by atoms with Crippen LogP contribution in [-0.2, 0) is 23.9 Å². The van der Waals surface area contributed by atoms with Gasteiger partial charge in [-0.3, -0.25) is 14.6 Å². The standard InChI is InChI=1S/C23H22F3N7O2/c1-13(29-12-34)30-20-9-19(21(27)35)31-22(32-20)33-8-7-16-14(11-33)3-2-4-17(16)18-6-5-15(10-28-18)23(24,25)26/h2-6,9-10,12-13H,7-8,11H2,1H3,(H2,27,35)(H,29,34)(H,30,31,32)/t13-/m0/s1. The van der Waals surface area contributed by atoms with E-state index in [1.807, 2.05) is 23.1 Å². The van der Waals surface area contributed by atoms with Gasteiger partial charge < -0.3 is 21.3 Å². The zero-order valence-corrected chi connectivity index (χ0v) is 18.6. The third kappa shape index (κ3) is 5.31. The first-order chi connectivity index (χ1) is 16.7. The molecule has 0 spiro atoms. The Morgan fingerprint density at radius 1 is 1.23 bits per heavy atom. The summed E-state index contributed by atoms with van der Waals surface area (Å²) < 4.78 is 38.7. The van der Waals surface area contributed by atoms with E-state index in [1.54, 1.807) is 6.92 Å². The van der Waals surface area contributed by atoms with Crippen molar-refractivity contribution in [3.8, 4) is 11.3 Å². The molecule has 1 atom stereocenters. The number of amides is 2. The first kappa shape index (κ1) is 23.9. The quantitative estimate of drug-likeness (QED) is 0.347. The van der Waals surface area contributed by atoms with Gasteiger partial charge >= 0.3 is 6.18 Å². The maximum absolute atomic E-state index is 12.9. The molecule has 2 amide bonds. The van der Waals surface area contributed by atoms with Crippen LogP contribution in [0.15, 0.2) is 42.6 Å². The van der Waals surface area contributed by atoms with Crippen LogP contribution in [0.3, 0.4) is 0 Å². The highest BCUT2D eigenvalue weighted by molar-refractivity contribution is 5.91. The number of benzene rings is 1. The van der Waals surface area contributed by atoms with Crippen molar-refractivity contribution in [3.05, 3.63) is 65.0 Å². The average molecular weight is 485 g/mol. The number of hydrogen-bond donors (Lipinski definition) is 3. The Morgan fingerprint density at radius 3 is 2.69 bits per heavy atom. The van der Waals surface area contributed by atoms with Gasteiger partial charge in [0.05, 0.1) is 17.4 Å². The van der Waals surface area contributed by atoms with Crippen LogP contribution in [0, 0.1) is 0 Å². The van der Waals surface area contributed by atoms with Crippen LogP contribution in [-0.4, -0.2) is 40.0 Å². The van der Waals surface area contributed by atoms with Crippen molar-refractivity contribution >= 4 is 24.1 Å². The molecule has 9 nitrogen and oxygen atoms in total. The van der Waals surface area contributed by atoms with Gasteiger partial charge in [0.2, 0.25) is 12.4 Å². The molecule has 4 N–H and O–H groups in total. The molecule has 1 aliphatic rings. The Kier molecular flexibility index (Phi) is 6.54. The smallest absolute Gasteiger partial charge is 0.364 e. The van der Waals surface area contributed by atoms with E-state index in [4.69, 9.17) is 5.73 Å². The minimum Gasteiger partial charge on any atom is -0.364 e. The number of anilines is 2. The van der Waals surface area contributed by atoms with Gasteiger partial charge in [0.15, 0.2) is 0 Å². The lowest BCUT2D eigenvalue weighted by atomic mass is 9.92. The summed E-state index contributed by atoms with van der Waals surface area (Å²) in [5.74, 6) is -0.120. The number of carbonyl (C=O) groups excluding carboxylic acids is 2. The number of fused-ring (bicyclic) bond motifs is 1. The molecule has 1 aliphatic heterocycles. The summed E-state index contributed by atoms with van der Waals surface area (Å²) in [6.45, 7) is 2.61. The maximum Gasteiger partial charge on any atom is 0.417 e. The molecule has 35 heavy (non-hydrogen) atoms. The summed E-state index contributed by atoms with van der Waals surface area (Å²) in [6, 6.07) is 9.37. The fraction of sp³-hybridized carbons (Fsp3) is 0.261. The monoisotopic (exact) mass is 485 g/mol. The van der Waals surface area contributed by atoms with Crippen molar-refractivity contribution in [2.45, 2.75) is 32.2 Å². The summed E-state index contributed by atoms with van der Waals surface area (Å²) in [7, 11) is 0. The number of nitrogens with two attached hydrogens (primary N) is 1. The van der Waals surface area contributed by atoms with Crippen LogP contribution in [0.25, 0.3) is 11.3 Å². The Hall–Kier alpha value is -4.22. The molecule has 0 bridgehead atoms. The number of pyridine rings is 1. The van der Waals surface area contributed by atoms with Crippen molar-refractivity contribution in [3.63, 3.8) is 0 Å². The lowest BCUT2D eigenvalue weighted by Crippen LogP contribution is -2.35. The van der Waals surface area contributed by atoms with Crippen LogP contribution in [0.2, 0.25) is 0 Å². The van der Waals surface area contributed by atoms with Gasteiger partial charge in [0.25, 0.3) is 5.91 Å². The Bertz CT molecular complexity index is 1250. The van der Waals surface area contributed by atoms with E-state index in [-0.39, 0.29) is 11.6 Å². The first-order valence-electron chi connectivity index (χ1n) is 10.7. The molecule has 2 aromatic heterocycles. The topological polar surface area (TPSA) is 126 Å². The van der Waals surface area contributed by atoms with Crippen LogP contribution in [0.1, 0.15) is 34.1 Å². The summed E-state index contributed by atoms with van der Waals surface area (Å²) in [4.78, 5) is 37.2. The van der Waals surface area contributed by atoms with E-state index in [1.165, 1.54) is 12.1 Å². The molecular formula is C23H22F3N7O2. The van der Waals surface area contributed by atoms with Crippen molar-refractivity contribution in [1.82, 2.24) is 20.3 Å². The molecule has 0 saturated carbocycles. The van der Waals surface area contributed by atoms with Gasteiger partial charge in [-0.15, -0.1) is 0 Å². The fourth-order valence-corrected chi connectivity index (χ4v) is 3.88. The van der Waals surface area contributed by atoms with Crippen LogP contribution in [0.4, 0.5) is 24.9 Å². The van der Waals surface area contributed by atoms with Crippen LogP contribution in [0.5, 0.6) is 0 Å². The largest absolute Gasteiger partial charge is 0.417 e. The average Bonchev–Trinajstić information content (AvgIpc) is 2.82. The molecule has 0 radical (unpaired) electrons. The zero-order chi connectivity index (χ0) is 25.2. The predicted octanol–water partition coefficient (Wildman–Crippen LogP) is 2.72. The Balaban J connectivity index is 1.62. The van der Waals surface area contributed by atoms with E-state index in [0.717, 1.165) is 29.0 Å². The van der Waals surface area contributed by atoms with Crippen molar-refractivity contribution in [2.75, 3.05) is 16.8 Å². The van der Waals surface area contributed by atoms with Gasteiger partial charge in [0, 0.05) is 30.9 Å². The second-order valence-electron chi connectivity index (χ2n) is 8.00. The van der Waals surface area contributed by atoms with E-state index in [2.05, 4.69) is 25.6 Å². The number of halogens is 3. The van der Waals surface area contributed by atoms with Gasteiger partial charge in [0.1, 0.15) is 11.5 Å². The van der Waals surface area contributed by atoms with Crippen molar-refractivity contribution in [2.24, 2.45) is 5.73 Å². The van der Waals surface area contributed by atoms with Gasteiger partial charge in [-0.05, 0) is 36.6 Å². The van der Waals surface area contributed by atoms with E-state index >= 15 is 0 Å². The normalized spacial score (nSPS) is 14.1. The first-order valence-corrected chi connectivity index (χ1v) is 10.7. The van der Waals surface area contributed by atoms with Crippen molar-refractivity contribution < 1.29 is 22.8 Å². The number of hydrogen-bond acceptors (Lipinski definition) is 7. The highest BCUT2D eigenvalue weighted by atomic mass is 19.4. The number of alkyl halides is 3. The van der Waals surface area contributed by atoms with E-state index in [9.17, 15) is 22.8 Å². The molecule has 0 aliphatic carbocycles. The maximum atomic E-state index is 12.9. The zero-order valence-electron chi connectivity index (χ0n) is 18.6. The number of aromatic nitrogens is 3. The predicted molar refractivity (Wildman–Crippen MR) is 122 cm³/mol. The summed E-state index contributed by atoms with van der Waals surface area (Å²) >= 11 is 0. The minimum atomic E-state index is -4.45. The molecule has 0 unspecified atom stereocenters. The van der Waals surface area contributed by atoms with Gasteiger partial charge in [-0.2, -0.15) is 18.2 Å². The molecule has 1 aromatic carbocycles. The third-order valence-corrected chi connectivity index (χ3v) is 5.56. The second-order valence-corrected chi connectivity index (χ2v) is 8.00.